The van der Waals surface area contributed by atoms with Crippen LogP contribution in [0.1, 0.15) is 19.8 Å². The van der Waals surface area contributed by atoms with Crippen LogP contribution in [-0.4, -0.2) is 18.8 Å². The average Bonchev–Trinajstić information content (AvgIpc) is 3.01. The number of anilines is 1. The van der Waals surface area contributed by atoms with Gasteiger partial charge in [0.2, 0.25) is 0 Å². The normalized spacial score (nSPS) is 15.6. The Balaban J connectivity index is 2.12. The summed E-state index contributed by atoms with van der Waals surface area (Å²) in [5, 5.41) is 0. The van der Waals surface area contributed by atoms with Crippen molar-refractivity contribution in [3.8, 4) is 0 Å². The second kappa shape index (κ2) is 4.26. The van der Waals surface area contributed by atoms with Crippen LogP contribution in [0.2, 0.25) is 0 Å². The molecule has 0 unspecified atom stereocenters. The van der Waals surface area contributed by atoms with Gasteiger partial charge in [0.25, 0.3) is 0 Å². The summed E-state index contributed by atoms with van der Waals surface area (Å²) in [4.78, 5) is 3.79. The second-order valence-corrected chi connectivity index (χ2v) is 5.11. The number of nitrogens with zero attached hydrogens (tertiary/aromatic N) is 1. The Morgan fingerprint density at radius 1 is 1.43 bits per heavy atom. The van der Waals surface area contributed by atoms with E-state index in [1.807, 2.05) is 11.8 Å². The Bertz CT molecular complexity index is 307. The molecule has 0 heterocycles. The van der Waals surface area contributed by atoms with Crippen LogP contribution >= 0.6 is 11.8 Å². The molecule has 0 amide bonds. The van der Waals surface area contributed by atoms with Crippen LogP contribution in [0.5, 0.6) is 0 Å². The minimum atomic E-state index is 0.803. The first-order valence-electron chi connectivity index (χ1n) is 5.27. The number of benzene rings is 1. The third-order valence-corrected chi connectivity index (χ3v) is 3.51. The molecule has 1 aromatic carbocycles. The van der Waals surface area contributed by atoms with E-state index in [0.717, 1.165) is 11.8 Å². The first-order valence-corrected chi connectivity index (χ1v) is 6.25. The Labute approximate surface area is 90.5 Å². The van der Waals surface area contributed by atoms with Crippen molar-refractivity contribution in [2.24, 2.45) is 0 Å². The molecule has 0 bridgehead atoms. The van der Waals surface area contributed by atoms with E-state index in [-0.39, 0.29) is 0 Å². The summed E-state index contributed by atoms with van der Waals surface area (Å²) in [7, 11) is 2.20. The van der Waals surface area contributed by atoms with E-state index < -0.39 is 0 Å². The highest BCUT2D eigenvalue weighted by Crippen LogP contribution is 2.31. The van der Waals surface area contributed by atoms with Crippen molar-refractivity contribution in [3.05, 3.63) is 24.3 Å². The molecule has 1 saturated carbocycles. The van der Waals surface area contributed by atoms with Crippen molar-refractivity contribution in [3.63, 3.8) is 0 Å². The van der Waals surface area contributed by atoms with Crippen molar-refractivity contribution in [2.45, 2.75) is 30.7 Å². The first-order chi connectivity index (χ1) is 6.81. The lowest BCUT2D eigenvalue weighted by Crippen LogP contribution is -2.19. The lowest BCUT2D eigenvalue weighted by molar-refractivity contribution is 0.914. The standard InChI is InChI=1S/C12H17NS/c1-3-14-12-6-4-5-11(9-12)13(2)10-7-8-10/h4-6,9-10H,3,7-8H2,1-2H3. The zero-order valence-electron chi connectivity index (χ0n) is 8.86. The second-order valence-electron chi connectivity index (χ2n) is 3.77. The van der Waals surface area contributed by atoms with Crippen molar-refractivity contribution in [1.29, 1.82) is 0 Å². The fraction of sp³-hybridized carbons (Fsp3) is 0.500. The maximum atomic E-state index is 2.40. The van der Waals surface area contributed by atoms with Gasteiger partial charge in [0.15, 0.2) is 0 Å². The van der Waals surface area contributed by atoms with Crippen LogP contribution in [0, 0.1) is 0 Å². The molecule has 1 aliphatic carbocycles. The van der Waals surface area contributed by atoms with Gasteiger partial charge in [0, 0.05) is 23.7 Å². The molecule has 0 N–H and O–H groups in total. The van der Waals surface area contributed by atoms with E-state index in [0.29, 0.717) is 0 Å². The molecule has 2 rings (SSSR count). The molecule has 0 aromatic heterocycles. The maximum Gasteiger partial charge on any atom is 0.0377 e. The Morgan fingerprint density at radius 3 is 2.86 bits per heavy atom. The van der Waals surface area contributed by atoms with Gasteiger partial charge in [0.05, 0.1) is 0 Å². The van der Waals surface area contributed by atoms with E-state index in [1.165, 1.54) is 23.4 Å². The number of thioether (sulfide) groups is 1. The predicted octanol–water partition coefficient (Wildman–Crippen LogP) is 3.40. The molecule has 0 saturated heterocycles. The van der Waals surface area contributed by atoms with Gasteiger partial charge in [-0.25, -0.2) is 0 Å². The van der Waals surface area contributed by atoms with E-state index in [9.17, 15) is 0 Å². The summed E-state index contributed by atoms with van der Waals surface area (Å²) in [6, 6.07) is 9.66. The van der Waals surface area contributed by atoms with E-state index in [2.05, 4.69) is 43.1 Å². The van der Waals surface area contributed by atoms with Gasteiger partial charge in [0.1, 0.15) is 0 Å². The molecule has 1 fully saturated rings. The van der Waals surface area contributed by atoms with E-state index in [1.54, 1.807) is 0 Å². The van der Waals surface area contributed by atoms with Gasteiger partial charge in [-0.2, -0.15) is 0 Å². The van der Waals surface area contributed by atoms with Gasteiger partial charge < -0.3 is 4.90 Å². The molecule has 76 valence electrons. The largest absolute Gasteiger partial charge is 0.372 e. The minimum Gasteiger partial charge on any atom is -0.372 e. The number of hydrogen-bond donors (Lipinski definition) is 0. The predicted molar refractivity (Wildman–Crippen MR) is 64.3 cm³/mol. The fourth-order valence-corrected chi connectivity index (χ4v) is 2.34. The molecule has 1 aliphatic rings. The highest BCUT2D eigenvalue weighted by molar-refractivity contribution is 7.99. The summed E-state index contributed by atoms with van der Waals surface area (Å²) in [6.45, 7) is 2.20. The molecular formula is C12H17NS. The summed E-state index contributed by atoms with van der Waals surface area (Å²) in [6.07, 6.45) is 2.73. The number of hydrogen-bond acceptors (Lipinski definition) is 2. The third kappa shape index (κ3) is 2.24. The van der Waals surface area contributed by atoms with Gasteiger partial charge in [-0.05, 0) is 36.8 Å². The Hall–Kier alpha value is -0.630. The molecule has 0 radical (unpaired) electrons. The highest BCUT2D eigenvalue weighted by atomic mass is 32.2. The van der Waals surface area contributed by atoms with Gasteiger partial charge in [-0.15, -0.1) is 11.8 Å². The Kier molecular flexibility index (Phi) is 3.02. The van der Waals surface area contributed by atoms with Gasteiger partial charge in [-0.3, -0.25) is 0 Å². The number of rotatable bonds is 4. The van der Waals surface area contributed by atoms with Crippen LogP contribution in [0.3, 0.4) is 0 Å². The van der Waals surface area contributed by atoms with Crippen LogP contribution in [-0.2, 0) is 0 Å². The Morgan fingerprint density at radius 2 is 2.21 bits per heavy atom. The molecule has 1 aromatic rings. The summed E-state index contributed by atoms with van der Waals surface area (Å²) in [5.41, 5.74) is 1.37. The molecular weight excluding hydrogens is 190 g/mol. The van der Waals surface area contributed by atoms with E-state index in [4.69, 9.17) is 0 Å². The zero-order valence-corrected chi connectivity index (χ0v) is 9.68. The van der Waals surface area contributed by atoms with Crippen LogP contribution in [0.4, 0.5) is 5.69 Å². The van der Waals surface area contributed by atoms with Crippen molar-refractivity contribution < 1.29 is 0 Å². The zero-order chi connectivity index (χ0) is 9.97. The molecule has 0 aliphatic heterocycles. The summed E-state index contributed by atoms with van der Waals surface area (Å²) >= 11 is 1.91. The van der Waals surface area contributed by atoms with Crippen LogP contribution in [0.15, 0.2) is 29.2 Å². The summed E-state index contributed by atoms with van der Waals surface area (Å²) < 4.78 is 0. The summed E-state index contributed by atoms with van der Waals surface area (Å²) in [5.74, 6) is 1.15. The molecule has 0 atom stereocenters. The fourth-order valence-electron chi connectivity index (χ4n) is 1.63. The van der Waals surface area contributed by atoms with Crippen LogP contribution < -0.4 is 4.90 Å². The van der Waals surface area contributed by atoms with Gasteiger partial charge >= 0.3 is 0 Å². The quantitative estimate of drug-likeness (QED) is 0.696. The monoisotopic (exact) mass is 207 g/mol. The lowest BCUT2D eigenvalue weighted by atomic mass is 10.3. The van der Waals surface area contributed by atoms with Crippen molar-refractivity contribution >= 4 is 17.4 Å². The van der Waals surface area contributed by atoms with Crippen molar-refractivity contribution in [2.75, 3.05) is 17.7 Å². The molecule has 1 nitrogen and oxygen atoms in total. The molecule has 14 heavy (non-hydrogen) atoms. The highest BCUT2D eigenvalue weighted by Gasteiger charge is 2.26. The van der Waals surface area contributed by atoms with Crippen LogP contribution in [0.25, 0.3) is 0 Å². The average molecular weight is 207 g/mol. The molecule has 2 heteroatoms. The third-order valence-electron chi connectivity index (χ3n) is 2.63. The van der Waals surface area contributed by atoms with Gasteiger partial charge in [-0.1, -0.05) is 13.0 Å². The minimum absolute atomic E-state index is 0.803. The topological polar surface area (TPSA) is 3.24 Å². The van der Waals surface area contributed by atoms with E-state index >= 15 is 0 Å². The van der Waals surface area contributed by atoms with Crippen molar-refractivity contribution in [1.82, 2.24) is 0 Å². The first kappa shape index (κ1) is 9.91. The smallest absolute Gasteiger partial charge is 0.0377 e. The molecule has 0 spiro atoms. The maximum absolute atomic E-state index is 2.40. The lowest BCUT2D eigenvalue weighted by Gasteiger charge is -2.19. The SMILES string of the molecule is CCSc1cccc(N(C)C2CC2)c1.